The summed E-state index contributed by atoms with van der Waals surface area (Å²) in [5, 5.41) is 2.61. The number of methoxy groups -OCH3 is 3. The van der Waals surface area contributed by atoms with Gasteiger partial charge in [-0.3, -0.25) is 0 Å². The number of alkyl carbamates (subject to hydrolysis) is 1. The van der Waals surface area contributed by atoms with Gasteiger partial charge < -0.3 is 33.7 Å². The average molecular weight is 561 g/mol. The van der Waals surface area contributed by atoms with Crippen molar-refractivity contribution >= 4 is 59.0 Å². The number of carbonyl (C=O) groups excluding carboxylic acids is 2. The van der Waals surface area contributed by atoms with Gasteiger partial charge in [0.25, 0.3) is 0 Å². The zero-order valence-corrected chi connectivity index (χ0v) is 22.0. The summed E-state index contributed by atoms with van der Waals surface area (Å²) < 4.78 is 29.8. The van der Waals surface area contributed by atoms with E-state index in [0.29, 0.717) is 29.2 Å². The van der Waals surface area contributed by atoms with Crippen LogP contribution in [-0.4, -0.2) is 57.1 Å². The van der Waals surface area contributed by atoms with Gasteiger partial charge in [0.2, 0.25) is 10.6 Å². The first-order valence-corrected chi connectivity index (χ1v) is 11.7. The van der Waals surface area contributed by atoms with Crippen LogP contribution in [-0.2, 0) is 15.9 Å². The first-order chi connectivity index (χ1) is 17.2. The molecule has 1 aliphatic rings. The van der Waals surface area contributed by atoms with Crippen molar-refractivity contribution in [1.82, 2.24) is 5.32 Å². The van der Waals surface area contributed by atoms with Crippen molar-refractivity contribution in [2.24, 2.45) is 0 Å². The second kappa shape index (κ2) is 12.3. The molecule has 2 aromatic rings. The second-order valence-corrected chi connectivity index (χ2v) is 9.88. The molecule has 36 heavy (non-hydrogen) atoms. The Hall–Kier alpha value is -3.01. The molecule has 1 heterocycles. The number of esters is 1. The van der Waals surface area contributed by atoms with Crippen molar-refractivity contribution in [3.05, 3.63) is 46.5 Å². The van der Waals surface area contributed by atoms with Crippen LogP contribution in [0.15, 0.2) is 24.3 Å². The molecule has 1 amide bonds. The molecule has 0 saturated carbocycles. The predicted molar refractivity (Wildman–Crippen MR) is 136 cm³/mol. The minimum absolute atomic E-state index is 0.103. The third kappa shape index (κ3) is 7.02. The first-order valence-electron chi connectivity index (χ1n) is 10.6. The normalized spacial score (nSPS) is 12.4. The zero-order valence-electron chi connectivity index (χ0n) is 19.7. The van der Waals surface area contributed by atoms with Crippen LogP contribution < -0.4 is 24.3 Å². The number of nitrogens with one attached hydrogen (secondary N) is 1. The fraction of sp³-hybridized carbons (Fsp3) is 0.333. The fourth-order valence-corrected chi connectivity index (χ4v) is 3.61. The Morgan fingerprint density at radius 3 is 2.36 bits per heavy atom. The van der Waals surface area contributed by atoms with E-state index >= 15 is 0 Å². The summed E-state index contributed by atoms with van der Waals surface area (Å²) in [6.45, 7) is -0.0377. The molecule has 1 aliphatic heterocycles. The molecule has 12 heteroatoms. The molecule has 0 unspecified atom stereocenters. The maximum atomic E-state index is 12.5. The molecule has 0 spiro atoms. The number of benzene rings is 2. The van der Waals surface area contributed by atoms with Crippen LogP contribution in [0.4, 0.5) is 4.79 Å². The minimum atomic E-state index is -1.69. The summed E-state index contributed by atoms with van der Waals surface area (Å²) in [4.78, 5) is 24.4. The first kappa shape index (κ1) is 27.6. The van der Waals surface area contributed by atoms with Crippen LogP contribution in [0.3, 0.4) is 0 Å². The van der Waals surface area contributed by atoms with E-state index in [1.807, 2.05) is 18.2 Å². The van der Waals surface area contributed by atoms with E-state index < -0.39 is 15.9 Å². The maximum Gasteiger partial charge on any atom is 0.407 e. The summed E-state index contributed by atoms with van der Waals surface area (Å²) in [6, 6.07) is 7.05. The van der Waals surface area contributed by atoms with Crippen LogP contribution in [0.2, 0.25) is 0 Å². The number of amides is 1. The molecule has 2 aromatic carbocycles. The highest BCUT2D eigenvalue weighted by Gasteiger charge is 2.23. The van der Waals surface area contributed by atoms with Gasteiger partial charge in [-0.25, -0.2) is 9.59 Å². The molecule has 1 N–H and O–H groups in total. The standard InChI is InChI=1S/C24H24Cl3NO8/c1-31-17-7-6-14(20(21(17)32-2)22(29)33-3)4-5-15-10-18-19(36-13-35-18)11-16(15)8-9-28-23(30)34-12-24(25,26)27/h4-7,10-11H,8-9,12-13H2,1-3H3,(H,28,30)/b5-4+. The number of hydrogen-bond acceptors (Lipinski definition) is 8. The lowest BCUT2D eigenvalue weighted by Crippen LogP contribution is -2.29. The number of fused-ring (bicyclic) bond motifs is 1. The van der Waals surface area contributed by atoms with Gasteiger partial charge in [0.05, 0.1) is 21.3 Å². The van der Waals surface area contributed by atoms with E-state index in [-0.39, 0.29) is 31.3 Å². The highest BCUT2D eigenvalue weighted by Crippen LogP contribution is 2.37. The Kier molecular flexibility index (Phi) is 9.42. The van der Waals surface area contributed by atoms with Gasteiger partial charge in [0.1, 0.15) is 12.2 Å². The number of hydrogen-bond donors (Lipinski definition) is 1. The predicted octanol–water partition coefficient (Wildman–Crippen LogP) is 5.03. The topological polar surface area (TPSA) is 102 Å². The van der Waals surface area contributed by atoms with Gasteiger partial charge in [-0.2, -0.15) is 0 Å². The molecule has 9 nitrogen and oxygen atoms in total. The Morgan fingerprint density at radius 1 is 1.03 bits per heavy atom. The summed E-state index contributed by atoms with van der Waals surface area (Å²) in [6.07, 6.45) is 3.27. The number of rotatable bonds is 9. The average Bonchev–Trinajstić information content (AvgIpc) is 3.31. The van der Waals surface area contributed by atoms with Crippen LogP contribution in [0.1, 0.15) is 27.0 Å². The summed E-state index contributed by atoms with van der Waals surface area (Å²) >= 11 is 16.8. The molecule has 0 atom stereocenters. The number of halogens is 3. The van der Waals surface area contributed by atoms with Crippen molar-refractivity contribution < 1.29 is 38.0 Å². The van der Waals surface area contributed by atoms with E-state index in [4.69, 9.17) is 63.2 Å². The Balaban J connectivity index is 1.86. The lowest BCUT2D eigenvalue weighted by molar-refractivity contribution is 0.0596. The zero-order chi connectivity index (χ0) is 26.3. The molecule has 194 valence electrons. The van der Waals surface area contributed by atoms with E-state index in [2.05, 4.69) is 5.32 Å². The minimum Gasteiger partial charge on any atom is -0.493 e. The maximum absolute atomic E-state index is 12.5. The van der Waals surface area contributed by atoms with Crippen molar-refractivity contribution in [1.29, 1.82) is 0 Å². The lowest BCUT2D eigenvalue weighted by Gasteiger charge is -2.14. The molecular formula is C24H24Cl3NO8. The number of carbonyl (C=O) groups is 2. The third-order valence-electron chi connectivity index (χ3n) is 5.07. The third-order valence-corrected chi connectivity index (χ3v) is 5.40. The van der Waals surface area contributed by atoms with E-state index in [0.717, 1.165) is 11.1 Å². The Bertz CT molecular complexity index is 1150. The van der Waals surface area contributed by atoms with Gasteiger partial charge in [-0.1, -0.05) is 53.0 Å². The van der Waals surface area contributed by atoms with Crippen molar-refractivity contribution in [3.63, 3.8) is 0 Å². The highest BCUT2D eigenvalue weighted by atomic mass is 35.6. The SMILES string of the molecule is COC(=O)c1c(/C=C/c2cc3c(cc2CCNC(=O)OCC(Cl)(Cl)Cl)OCO3)ccc(OC)c1OC. The molecular weight excluding hydrogens is 537 g/mol. The quantitative estimate of drug-likeness (QED) is 0.259. The van der Waals surface area contributed by atoms with Crippen LogP contribution in [0.25, 0.3) is 12.2 Å². The summed E-state index contributed by atoms with van der Waals surface area (Å²) in [7, 11) is 4.21. The molecule has 0 radical (unpaired) electrons. The van der Waals surface area contributed by atoms with E-state index in [9.17, 15) is 9.59 Å². The van der Waals surface area contributed by atoms with Crippen molar-refractivity contribution in [2.75, 3.05) is 41.3 Å². The monoisotopic (exact) mass is 559 g/mol. The summed E-state index contributed by atoms with van der Waals surface area (Å²) in [5.74, 6) is 1.24. The van der Waals surface area contributed by atoms with Gasteiger partial charge in [-0.15, -0.1) is 0 Å². The van der Waals surface area contributed by atoms with Gasteiger partial charge >= 0.3 is 12.1 Å². The largest absolute Gasteiger partial charge is 0.493 e. The lowest BCUT2D eigenvalue weighted by atomic mass is 10.00. The van der Waals surface area contributed by atoms with E-state index in [1.165, 1.54) is 21.3 Å². The smallest absolute Gasteiger partial charge is 0.407 e. The van der Waals surface area contributed by atoms with Crippen LogP contribution in [0, 0.1) is 0 Å². The van der Waals surface area contributed by atoms with Gasteiger partial charge in [0, 0.05) is 6.54 Å². The van der Waals surface area contributed by atoms with E-state index in [1.54, 1.807) is 18.2 Å². The molecule has 0 bridgehead atoms. The molecule has 3 rings (SSSR count). The van der Waals surface area contributed by atoms with Crippen molar-refractivity contribution in [2.45, 2.75) is 10.2 Å². The summed E-state index contributed by atoms with van der Waals surface area (Å²) in [5.41, 5.74) is 2.39. The number of alkyl halides is 3. The fourth-order valence-electron chi connectivity index (χ4n) is 3.44. The highest BCUT2D eigenvalue weighted by molar-refractivity contribution is 6.67. The molecule has 0 aromatic heterocycles. The second-order valence-electron chi connectivity index (χ2n) is 7.36. The van der Waals surface area contributed by atoms with Gasteiger partial charge in [0.15, 0.2) is 23.0 Å². The van der Waals surface area contributed by atoms with Crippen LogP contribution in [0.5, 0.6) is 23.0 Å². The Labute approximate surface area is 223 Å². The molecule has 0 aliphatic carbocycles. The van der Waals surface area contributed by atoms with Gasteiger partial charge in [-0.05, 0) is 41.3 Å². The van der Waals surface area contributed by atoms with Crippen LogP contribution >= 0.6 is 34.8 Å². The molecule has 0 saturated heterocycles. The van der Waals surface area contributed by atoms with Crippen molar-refractivity contribution in [3.8, 4) is 23.0 Å². The molecule has 0 fully saturated rings. The number of ether oxygens (including phenoxy) is 6. The Morgan fingerprint density at radius 2 is 1.72 bits per heavy atom.